The van der Waals surface area contributed by atoms with Gasteiger partial charge in [-0.15, -0.1) is 21.5 Å². The van der Waals surface area contributed by atoms with Gasteiger partial charge < -0.3 is 14.8 Å². The number of thiophene rings is 1. The topological polar surface area (TPSA) is 93.2 Å². The normalized spacial score (nSPS) is 10.9. The largest absolute Gasteiger partial charge is 0.508 e. The number of hydrogen-bond donors (Lipinski definition) is 2. The fraction of sp³-hybridized carbons (Fsp3) is 0.150. The second-order valence-corrected chi connectivity index (χ2v) is 8.14. The van der Waals surface area contributed by atoms with E-state index in [4.69, 9.17) is 4.42 Å². The summed E-state index contributed by atoms with van der Waals surface area (Å²) in [7, 11) is 0. The van der Waals surface area contributed by atoms with Gasteiger partial charge in [-0.05, 0) is 47.8 Å². The van der Waals surface area contributed by atoms with Crippen LogP contribution >= 0.6 is 23.1 Å². The molecule has 3 aromatic heterocycles. The molecule has 9 heteroatoms. The zero-order chi connectivity index (χ0) is 20.1. The number of carbonyl (C=O) groups is 1. The Kier molecular flexibility index (Phi) is 5.97. The van der Waals surface area contributed by atoms with Gasteiger partial charge in [-0.2, -0.15) is 0 Å². The molecule has 0 saturated heterocycles. The molecule has 0 aliphatic rings. The Morgan fingerprint density at radius 1 is 1.17 bits per heavy atom. The van der Waals surface area contributed by atoms with Crippen LogP contribution in [0.4, 0.5) is 0 Å². The third kappa shape index (κ3) is 4.87. The van der Waals surface area contributed by atoms with E-state index in [1.54, 1.807) is 41.9 Å². The summed E-state index contributed by atoms with van der Waals surface area (Å²) in [5.41, 5.74) is 0.816. The minimum Gasteiger partial charge on any atom is -0.508 e. The summed E-state index contributed by atoms with van der Waals surface area (Å²) in [6.45, 7) is 0.963. The molecule has 2 N–H and O–H groups in total. The van der Waals surface area contributed by atoms with Crippen LogP contribution in [0, 0.1) is 0 Å². The van der Waals surface area contributed by atoms with E-state index in [0.29, 0.717) is 24.1 Å². The highest BCUT2D eigenvalue weighted by Crippen LogP contribution is 2.26. The van der Waals surface area contributed by atoms with E-state index < -0.39 is 0 Å². The van der Waals surface area contributed by atoms with Crippen LogP contribution in [-0.4, -0.2) is 31.5 Å². The summed E-state index contributed by atoms with van der Waals surface area (Å²) in [6.07, 6.45) is 1.62. The van der Waals surface area contributed by atoms with Gasteiger partial charge in [0.05, 0.1) is 25.1 Å². The molecule has 4 aromatic rings. The van der Waals surface area contributed by atoms with Crippen LogP contribution in [0.25, 0.3) is 11.4 Å². The molecule has 0 spiro atoms. The molecule has 0 aliphatic carbocycles. The van der Waals surface area contributed by atoms with Crippen LogP contribution in [0.3, 0.4) is 0 Å². The first-order valence-electron chi connectivity index (χ1n) is 8.86. The molecular formula is C20H18N4O3S2. The monoisotopic (exact) mass is 426 g/mol. The predicted octanol–water partition coefficient (Wildman–Crippen LogP) is 3.76. The molecule has 1 amide bonds. The molecule has 29 heavy (non-hydrogen) atoms. The van der Waals surface area contributed by atoms with Gasteiger partial charge in [-0.25, -0.2) is 0 Å². The Balaban J connectivity index is 1.49. The maximum absolute atomic E-state index is 12.2. The molecule has 0 aliphatic heterocycles. The van der Waals surface area contributed by atoms with E-state index in [-0.39, 0.29) is 17.4 Å². The van der Waals surface area contributed by atoms with E-state index in [9.17, 15) is 9.90 Å². The average molecular weight is 427 g/mol. The average Bonchev–Trinajstić information content (AvgIpc) is 3.49. The molecule has 7 nitrogen and oxygen atoms in total. The molecule has 148 valence electrons. The van der Waals surface area contributed by atoms with Crippen LogP contribution in [0.1, 0.15) is 10.6 Å². The van der Waals surface area contributed by atoms with Crippen LogP contribution < -0.4 is 5.32 Å². The van der Waals surface area contributed by atoms with Crippen molar-refractivity contribution in [3.63, 3.8) is 0 Å². The fourth-order valence-corrected chi connectivity index (χ4v) is 4.11. The summed E-state index contributed by atoms with van der Waals surface area (Å²) in [5.74, 6) is 1.75. The molecule has 0 fully saturated rings. The minimum absolute atomic E-state index is 0.0675. The summed E-state index contributed by atoms with van der Waals surface area (Å²) < 4.78 is 7.38. The fourth-order valence-electron chi connectivity index (χ4n) is 2.70. The Morgan fingerprint density at radius 3 is 2.76 bits per heavy atom. The lowest BCUT2D eigenvalue weighted by Crippen LogP contribution is -2.24. The summed E-state index contributed by atoms with van der Waals surface area (Å²) in [4.78, 5) is 13.3. The van der Waals surface area contributed by atoms with Gasteiger partial charge in [0.1, 0.15) is 11.5 Å². The number of hydrogen-bond acceptors (Lipinski definition) is 7. The maximum Gasteiger partial charge on any atom is 0.230 e. The van der Waals surface area contributed by atoms with Crippen molar-refractivity contribution < 1.29 is 14.3 Å². The first kappa shape index (κ1) is 19.3. The van der Waals surface area contributed by atoms with Crippen molar-refractivity contribution in [3.8, 4) is 17.1 Å². The lowest BCUT2D eigenvalue weighted by atomic mass is 10.2. The molecule has 0 saturated carbocycles. The van der Waals surface area contributed by atoms with E-state index in [2.05, 4.69) is 15.5 Å². The van der Waals surface area contributed by atoms with Crippen LogP contribution in [0.5, 0.6) is 5.75 Å². The van der Waals surface area contributed by atoms with Gasteiger partial charge in [-0.3, -0.25) is 9.36 Å². The van der Waals surface area contributed by atoms with Gasteiger partial charge in [-0.1, -0.05) is 17.8 Å². The molecular weight excluding hydrogens is 408 g/mol. The molecule has 0 unspecified atom stereocenters. The number of nitrogens with one attached hydrogen (secondary N) is 1. The molecule has 0 radical (unpaired) electrons. The van der Waals surface area contributed by atoms with Crippen LogP contribution in [0.2, 0.25) is 0 Å². The molecule has 0 atom stereocenters. The summed E-state index contributed by atoms with van der Waals surface area (Å²) in [5, 5.41) is 23.6. The lowest BCUT2D eigenvalue weighted by Gasteiger charge is -2.09. The highest BCUT2D eigenvalue weighted by Gasteiger charge is 2.17. The standard InChI is InChI=1S/C20H18N4O3S2/c25-15-7-5-14(6-8-15)19-22-23-20(24(19)12-16-3-1-9-27-16)29-13-18(26)21-11-17-4-2-10-28-17/h1-10,25H,11-13H2,(H,21,26). The van der Waals surface area contributed by atoms with Crippen LogP contribution in [-0.2, 0) is 17.9 Å². The quantitative estimate of drug-likeness (QED) is 0.417. The number of aromatic hydroxyl groups is 1. The number of phenols is 1. The first-order valence-corrected chi connectivity index (χ1v) is 10.7. The third-order valence-corrected chi connectivity index (χ3v) is 5.95. The Morgan fingerprint density at radius 2 is 2.03 bits per heavy atom. The van der Waals surface area contributed by atoms with Crippen molar-refractivity contribution in [2.45, 2.75) is 18.2 Å². The lowest BCUT2D eigenvalue weighted by molar-refractivity contribution is -0.118. The number of thioether (sulfide) groups is 1. The molecule has 0 bridgehead atoms. The Bertz CT molecular complexity index is 1060. The van der Waals surface area contributed by atoms with Crippen molar-refractivity contribution in [1.29, 1.82) is 0 Å². The van der Waals surface area contributed by atoms with Gasteiger partial charge in [0, 0.05) is 10.4 Å². The summed E-state index contributed by atoms with van der Waals surface area (Å²) >= 11 is 2.93. The number of aromatic nitrogens is 3. The second-order valence-electron chi connectivity index (χ2n) is 6.16. The minimum atomic E-state index is -0.0675. The number of carbonyl (C=O) groups excluding carboxylic acids is 1. The van der Waals surface area contributed by atoms with Crippen molar-refractivity contribution >= 4 is 29.0 Å². The zero-order valence-corrected chi connectivity index (χ0v) is 16.9. The van der Waals surface area contributed by atoms with Crippen molar-refractivity contribution in [1.82, 2.24) is 20.1 Å². The summed E-state index contributed by atoms with van der Waals surface area (Å²) in [6, 6.07) is 14.4. The van der Waals surface area contributed by atoms with Gasteiger partial charge in [0.2, 0.25) is 5.91 Å². The van der Waals surface area contributed by atoms with Gasteiger partial charge >= 0.3 is 0 Å². The SMILES string of the molecule is O=C(CSc1nnc(-c2ccc(O)cc2)n1Cc1ccco1)NCc1cccs1. The van der Waals surface area contributed by atoms with Gasteiger partial charge in [0.25, 0.3) is 0 Å². The highest BCUT2D eigenvalue weighted by molar-refractivity contribution is 7.99. The van der Waals surface area contributed by atoms with Crippen molar-refractivity contribution in [2.75, 3.05) is 5.75 Å². The third-order valence-electron chi connectivity index (χ3n) is 4.11. The first-order chi connectivity index (χ1) is 14.2. The number of rotatable bonds is 8. The van der Waals surface area contributed by atoms with Crippen molar-refractivity contribution in [3.05, 3.63) is 70.8 Å². The Hall–Kier alpha value is -3.04. The molecule has 3 heterocycles. The van der Waals surface area contributed by atoms with Crippen LogP contribution in [0.15, 0.2) is 69.7 Å². The maximum atomic E-state index is 12.2. The Labute approximate surface area is 175 Å². The zero-order valence-electron chi connectivity index (χ0n) is 15.3. The van der Waals surface area contributed by atoms with Crippen molar-refractivity contribution in [2.24, 2.45) is 0 Å². The number of amides is 1. The number of phenolic OH excluding ortho intramolecular Hbond substituents is 1. The number of benzene rings is 1. The predicted molar refractivity (Wildman–Crippen MR) is 112 cm³/mol. The van der Waals surface area contributed by atoms with Gasteiger partial charge in [0.15, 0.2) is 11.0 Å². The molecule has 1 aromatic carbocycles. The van der Waals surface area contributed by atoms with E-state index in [0.717, 1.165) is 16.2 Å². The number of furan rings is 1. The second kappa shape index (κ2) is 8.97. The highest BCUT2D eigenvalue weighted by atomic mass is 32.2. The van der Waals surface area contributed by atoms with E-state index in [1.807, 2.05) is 34.2 Å². The number of nitrogens with zero attached hydrogens (tertiary/aromatic N) is 3. The smallest absolute Gasteiger partial charge is 0.230 e. The molecule has 4 rings (SSSR count). The van der Waals surface area contributed by atoms with E-state index in [1.165, 1.54) is 11.8 Å². The van der Waals surface area contributed by atoms with E-state index >= 15 is 0 Å².